The Morgan fingerprint density at radius 3 is 2.54 bits per heavy atom. The summed E-state index contributed by atoms with van der Waals surface area (Å²) in [5.41, 5.74) is 0.576. The number of aryl methyl sites for hydroxylation is 1. The molecule has 1 aromatic heterocycles. The smallest absolute Gasteiger partial charge is 0.326 e. The number of fused-ring (bicyclic) bond motifs is 1. The van der Waals surface area contributed by atoms with Crippen molar-refractivity contribution in [1.82, 2.24) is 10.3 Å². The van der Waals surface area contributed by atoms with Gasteiger partial charge in [0.05, 0.1) is 0 Å². The minimum Gasteiger partial charge on any atom is -0.441 e. The van der Waals surface area contributed by atoms with Crippen LogP contribution in [-0.2, 0) is 0 Å². The highest BCUT2D eigenvalue weighted by Crippen LogP contribution is 2.19. The third-order valence-corrected chi connectivity index (χ3v) is 3.17. The van der Waals surface area contributed by atoms with E-state index < -0.39 is 29.1 Å². The van der Waals surface area contributed by atoms with Gasteiger partial charge < -0.3 is 9.73 Å². The van der Waals surface area contributed by atoms with Gasteiger partial charge in [0.25, 0.3) is 5.91 Å². The first kappa shape index (κ1) is 15.6. The highest BCUT2D eigenvalue weighted by molar-refractivity contribution is 6.08. The molecule has 3 rings (SSSR count). The second-order valence-corrected chi connectivity index (χ2v) is 4.92. The third-order valence-electron chi connectivity index (χ3n) is 3.17. The number of anilines is 1. The van der Waals surface area contributed by atoms with Gasteiger partial charge in [-0.25, -0.2) is 18.6 Å². The maximum absolute atomic E-state index is 13.5. The molecule has 1 heterocycles. The first-order chi connectivity index (χ1) is 11.4. The molecule has 122 valence electrons. The monoisotopic (exact) mass is 331 g/mol. The van der Waals surface area contributed by atoms with Gasteiger partial charge in [0.2, 0.25) is 0 Å². The summed E-state index contributed by atoms with van der Waals surface area (Å²) in [5, 5.41) is 4.24. The molecule has 0 bridgehead atoms. The highest BCUT2D eigenvalue weighted by atomic mass is 19.1. The van der Waals surface area contributed by atoms with Gasteiger partial charge in [-0.2, -0.15) is 0 Å². The molecule has 3 amide bonds. The summed E-state index contributed by atoms with van der Waals surface area (Å²) < 4.78 is 32.3. The van der Waals surface area contributed by atoms with Gasteiger partial charge >= 0.3 is 6.03 Å². The molecule has 0 aliphatic rings. The number of amides is 3. The predicted octanol–water partition coefficient (Wildman–Crippen LogP) is 3.38. The van der Waals surface area contributed by atoms with Crippen LogP contribution in [0.5, 0.6) is 0 Å². The normalized spacial score (nSPS) is 10.6. The molecule has 0 spiro atoms. The van der Waals surface area contributed by atoms with Gasteiger partial charge in [-0.3, -0.25) is 10.1 Å². The SMILES string of the molecule is Cc1nc2ccc(NC(=O)NC(=O)c3c(F)cccc3F)cc2o1. The quantitative estimate of drug-likeness (QED) is 0.754. The summed E-state index contributed by atoms with van der Waals surface area (Å²) in [4.78, 5) is 27.8. The van der Waals surface area contributed by atoms with Crippen molar-refractivity contribution in [3.8, 4) is 0 Å². The summed E-state index contributed by atoms with van der Waals surface area (Å²) in [6.45, 7) is 1.68. The molecule has 24 heavy (non-hydrogen) atoms. The fourth-order valence-corrected chi connectivity index (χ4v) is 2.16. The first-order valence-electron chi connectivity index (χ1n) is 6.87. The lowest BCUT2D eigenvalue weighted by atomic mass is 10.2. The molecule has 2 N–H and O–H groups in total. The third kappa shape index (κ3) is 3.07. The van der Waals surface area contributed by atoms with Crippen LogP contribution >= 0.6 is 0 Å². The summed E-state index contributed by atoms with van der Waals surface area (Å²) in [6.07, 6.45) is 0. The average Bonchev–Trinajstić information content (AvgIpc) is 2.86. The number of oxazole rings is 1. The minimum atomic E-state index is -1.18. The maximum Gasteiger partial charge on any atom is 0.326 e. The molecule has 0 unspecified atom stereocenters. The van der Waals surface area contributed by atoms with Gasteiger partial charge in [0.1, 0.15) is 22.7 Å². The molecule has 0 radical (unpaired) electrons. The zero-order chi connectivity index (χ0) is 17.3. The summed E-state index contributed by atoms with van der Waals surface area (Å²) in [6, 6.07) is 6.74. The number of urea groups is 1. The average molecular weight is 331 g/mol. The van der Waals surface area contributed by atoms with E-state index in [4.69, 9.17) is 4.42 Å². The Balaban J connectivity index is 1.73. The Kier molecular flexibility index (Phi) is 3.95. The molecule has 2 aromatic carbocycles. The zero-order valence-corrected chi connectivity index (χ0v) is 12.4. The van der Waals surface area contributed by atoms with Gasteiger partial charge in [-0.15, -0.1) is 0 Å². The molecule has 0 aliphatic carbocycles. The Labute approximate surface area is 134 Å². The topological polar surface area (TPSA) is 84.2 Å². The van der Waals surface area contributed by atoms with Crippen molar-refractivity contribution in [3.63, 3.8) is 0 Å². The van der Waals surface area contributed by atoms with Crippen molar-refractivity contribution in [2.45, 2.75) is 6.92 Å². The van der Waals surface area contributed by atoms with E-state index in [1.165, 1.54) is 6.07 Å². The summed E-state index contributed by atoms with van der Waals surface area (Å²) in [5.74, 6) is -2.82. The molecule has 0 saturated heterocycles. The van der Waals surface area contributed by atoms with E-state index in [2.05, 4.69) is 10.3 Å². The van der Waals surface area contributed by atoms with E-state index in [9.17, 15) is 18.4 Å². The second-order valence-electron chi connectivity index (χ2n) is 4.92. The van der Waals surface area contributed by atoms with E-state index in [-0.39, 0.29) is 0 Å². The number of hydrogen-bond acceptors (Lipinski definition) is 4. The van der Waals surface area contributed by atoms with Crippen LogP contribution in [0.25, 0.3) is 11.1 Å². The van der Waals surface area contributed by atoms with Crippen molar-refractivity contribution in [3.05, 3.63) is 59.5 Å². The van der Waals surface area contributed by atoms with Crippen LogP contribution in [-0.4, -0.2) is 16.9 Å². The number of hydrogen-bond donors (Lipinski definition) is 2. The maximum atomic E-state index is 13.5. The van der Waals surface area contributed by atoms with Gasteiger partial charge in [0.15, 0.2) is 11.5 Å². The van der Waals surface area contributed by atoms with Crippen LogP contribution in [0.15, 0.2) is 40.8 Å². The number of carbonyl (C=O) groups excluding carboxylic acids is 2. The predicted molar refractivity (Wildman–Crippen MR) is 81.6 cm³/mol. The number of aromatic nitrogens is 1. The summed E-state index contributed by atoms with van der Waals surface area (Å²) in [7, 11) is 0. The van der Waals surface area contributed by atoms with Gasteiger partial charge in [-0.05, 0) is 24.3 Å². The Hall–Kier alpha value is -3.29. The zero-order valence-electron chi connectivity index (χ0n) is 12.4. The molecular formula is C16H11F2N3O3. The number of halogens is 2. The minimum absolute atomic E-state index is 0.331. The van der Waals surface area contributed by atoms with Gasteiger partial charge in [-0.1, -0.05) is 6.07 Å². The number of carbonyl (C=O) groups is 2. The molecule has 8 heteroatoms. The Morgan fingerprint density at radius 1 is 1.12 bits per heavy atom. The van der Waals surface area contributed by atoms with E-state index >= 15 is 0 Å². The number of rotatable bonds is 2. The van der Waals surface area contributed by atoms with Crippen molar-refractivity contribution in [1.29, 1.82) is 0 Å². The van der Waals surface area contributed by atoms with Crippen LogP contribution in [0.1, 0.15) is 16.2 Å². The van der Waals surface area contributed by atoms with Gasteiger partial charge in [0, 0.05) is 18.7 Å². The van der Waals surface area contributed by atoms with Crippen LogP contribution in [0.4, 0.5) is 19.3 Å². The lowest BCUT2D eigenvalue weighted by Gasteiger charge is -2.07. The lowest BCUT2D eigenvalue weighted by molar-refractivity contribution is 0.0959. The summed E-state index contributed by atoms with van der Waals surface area (Å²) >= 11 is 0. The molecule has 0 atom stereocenters. The molecule has 6 nitrogen and oxygen atoms in total. The van der Waals surface area contributed by atoms with E-state index in [0.717, 1.165) is 18.2 Å². The van der Waals surface area contributed by atoms with Crippen molar-refractivity contribution in [2.75, 3.05) is 5.32 Å². The Bertz CT molecular complexity index is 933. The lowest BCUT2D eigenvalue weighted by Crippen LogP contribution is -2.35. The number of imide groups is 1. The molecule has 3 aromatic rings. The Morgan fingerprint density at radius 2 is 1.83 bits per heavy atom. The molecule has 0 aliphatic heterocycles. The number of nitrogens with one attached hydrogen (secondary N) is 2. The fourth-order valence-electron chi connectivity index (χ4n) is 2.16. The first-order valence-corrected chi connectivity index (χ1v) is 6.87. The largest absolute Gasteiger partial charge is 0.441 e. The van der Waals surface area contributed by atoms with Crippen LogP contribution in [0.2, 0.25) is 0 Å². The van der Waals surface area contributed by atoms with E-state index in [1.54, 1.807) is 19.1 Å². The second kappa shape index (κ2) is 6.07. The number of nitrogens with zero attached hydrogens (tertiary/aromatic N) is 1. The van der Waals surface area contributed by atoms with Crippen molar-refractivity contribution in [2.24, 2.45) is 0 Å². The van der Waals surface area contributed by atoms with Crippen molar-refractivity contribution >= 4 is 28.7 Å². The van der Waals surface area contributed by atoms with Crippen molar-refractivity contribution < 1.29 is 22.8 Å². The van der Waals surface area contributed by atoms with E-state index in [0.29, 0.717) is 22.7 Å². The molecular weight excluding hydrogens is 320 g/mol. The van der Waals surface area contributed by atoms with Crippen LogP contribution < -0.4 is 10.6 Å². The highest BCUT2D eigenvalue weighted by Gasteiger charge is 2.19. The molecule has 0 saturated carbocycles. The van der Waals surface area contributed by atoms with Crippen LogP contribution in [0.3, 0.4) is 0 Å². The van der Waals surface area contributed by atoms with Crippen LogP contribution in [0, 0.1) is 18.6 Å². The molecule has 0 fully saturated rings. The standard InChI is InChI=1S/C16H11F2N3O3/c1-8-19-12-6-5-9(7-13(12)24-8)20-16(23)21-15(22)14-10(17)3-2-4-11(14)18/h2-7H,1H3,(H2,20,21,22,23). The fraction of sp³-hybridized carbons (Fsp3) is 0.0625. The van der Waals surface area contributed by atoms with E-state index in [1.807, 2.05) is 5.32 Å². The number of benzene rings is 2.